The van der Waals surface area contributed by atoms with Crippen molar-refractivity contribution in [2.75, 3.05) is 13.2 Å². The van der Waals surface area contributed by atoms with Crippen LogP contribution in [0.25, 0.3) is 0 Å². The van der Waals surface area contributed by atoms with Crippen LogP contribution in [0.15, 0.2) is 23.6 Å². The van der Waals surface area contributed by atoms with Gasteiger partial charge >= 0.3 is 0 Å². The number of ketones is 1. The minimum Gasteiger partial charge on any atom is -0.490 e. The third-order valence-corrected chi connectivity index (χ3v) is 3.43. The van der Waals surface area contributed by atoms with Gasteiger partial charge in [-0.25, -0.2) is 4.98 Å². The summed E-state index contributed by atoms with van der Waals surface area (Å²) in [6.07, 6.45) is 0. The van der Waals surface area contributed by atoms with Gasteiger partial charge in [-0.15, -0.1) is 11.3 Å². The molecule has 2 rings (SSSR count). The van der Waals surface area contributed by atoms with Crippen molar-refractivity contribution in [1.29, 1.82) is 0 Å². The second-order valence-electron chi connectivity index (χ2n) is 4.11. The van der Waals surface area contributed by atoms with Gasteiger partial charge in [0.1, 0.15) is 5.69 Å². The Morgan fingerprint density at radius 3 is 2.50 bits per heavy atom. The maximum atomic E-state index is 12.3. The van der Waals surface area contributed by atoms with Crippen molar-refractivity contribution in [3.05, 3.63) is 39.8 Å². The van der Waals surface area contributed by atoms with Crippen LogP contribution in [0.3, 0.4) is 0 Å². The highest BCUT2D eigenvalue weighted by Gasteiger charge is 2.15. The van der Waals surface area contributed by atoms with Crippen LogP contribution in [0.1, 0.15) is 34.9 Å². The van der Waals surface area contributed by atoms with E-state index >= 15 is 0 Å². The molecule has 0 N–H and O–H groups in total. The molecule has 0 aliphatic carbocycles. The second-order valence-corrected chi connectivity index (χ2v) is 5.17. The Balaban J connectivity index is 2.32. The first-order valence-corrected chi connectivity index (χ1v) is 7.40. The lowest BCUT2D eigenvalue weighted by atomic mass is 10.1. The summed E-state index contributed by atoms with van der Waals surface area (Å²) in [5, 5.41) is 2.65. The molecule has 2 aromatic rings. The highest BCUT2D eigenvalue weighted by molar-refractivity contribution is 7.09. The van der Waals surface area contributed by atoms with E-state index in [0.29, 0.717) is 36.0 Å². The van der Waals surface area contributed by atoms with Gasteiger partial charge in [-0.1, -0.05) is 0 Å². The van der Waals surface area contributed by atoms with Crippen LogP contribution in [0.4, 0.5) is 0 Å². The van der Waals surface area contributed by atoms with Gasteiger partial charge in [0.2, 0.25) is 5.78 Å². The van der Waals surface area contributed by atoms with Crippen molar-refractivity contribution in [1.82, 2.24) is 4.98 Å². The summed E-state index contributed by atoms with van der Waals surface area (Å²) in [5.41, 5.74) is 1.03. The first kappa shape index (κ1) is 14.5. The first-order valence-electron chi connectivity index (χ1n) is 6.52. The predicted molar refractivity (Wildman–Crippen MR) is 79.1 cm³/mol. The SMILES string of the molecule is CCOc1ccc(C(=O)c2csc(C)n2)cc1OCC. The highest BCUT2D eigenvalue weighted by Crippen LogP contribution is 2.29. The third-order valence-electron chi connectivity index (χ3n) is 2.66. The van der Waals surface area contributed by atoms with E-state index in [9.17, 15) is 4.79 Å². The van der Waals surface area contributed by atoms with Gasteiger partial charge in [0, 0.05) is 10.9 Å². The molecule has 0 aliphatic rings. The molecule has 0 aliphatic heterocycles. The Labute approximate surface area is 122 Å². The molecule has 0 radical (unpaired) electrons. The third kappa shape index (κ3) is 3.17. The van der Waals surface area contributed by atoms with Crippen molar-refractivity contribution in [3.8, 4) is 11.5 Å². The zero-order chi connectivity index (χ0) is 14.5. The van der Waals surface area contributed by atoms with E-state index in [0.717, 1.165) is 5.01 Å². The Morgan fingerprint density at radius 2 is 1.90 bits per heavy atom. The fourth-order valence-electron chi connectivity index (χ4n) is 1.81. The average molecular weight is 291 g/mol. The molecule has 1 aromatic carbocycles. The van der Waals surface area contributed by atoms with Gasteiger partial charge in [-0.3, -0.25) is 4.79 Å². The monoisotopic (exact) mass is 291 g/mol. The number of carbonyl (C=O) groups is 1. The molecule has 0 amide bonds. The Kier molecular flexibility index (Phi) is 4.74. The Morgan fingerprint density at radius 1 is 1.20 bits per heavy atom. The fourth-order valence-corrected chi connectivity index (χ4v) is 2.40. The van der Waals surface area contributed by atoms with Crippen LogP contribution >= 0.6 is 11.3 Å². The number of hydrogen-bond acceptors (Lipinski definition) is 5. The van der Waals surface area contributed by atoms with Crippen LogP contribution in [0, 0.1) is 6.92 Å². The van der Waals surface area contributed by atoms with Crippen molar-refractivity contribution < 1.29 is 14.3 Å². The molecule has 106 valence electrons. The fraction of sp³-hybridized carbons (Fsp3) is 0.333. The lowest BCUT2D eigenvalue weighted by molar-refractivity contribution is 0.103. The van der Waals surface area contributed by atoms with Crippen LogP contribution in [0.2, 0.25) is 0 Å². The number of thiazole rings is 1. The normalized spacial score (nSPS) is 10.3. The number of carbonyl (C=O) groups excluding carboxylic acids is 1. The van der Waals surface area contributed by atoms with Crippen LogP contribution in [-0.4, -0.2) is 24.0 Å². The lowest BCUT2D eigenvalue weighted by Crippen LogP contribution is -2.04. The maximum Gasteiger partial charge on any atom is 0.212 e. The van der Waals surface area contributed by atoms with E-state index in [-0.39, 0.29) is 5.78 Å². The summed E-state index contributed by atoms with van der Waals surface area (Å²) in [4.78, 5) is 16.6. The van der Waals surface area contributed by atoms with Crippen LogP contribution in [-0.2, 0) is 0 Å². The first-order chi connectivity index (χ1) is 9.65. The van der Waals surface area contributed by atoms with E-state index in [1.54, 1.807) is 23.6 Å². The molecule has 4 nitrogen and oxygen atoms in total. The van der Waals surface area contributed by atoms with E-state index in [1.807, 2.05) is 20.8 Å². The van der Waals surface area contributed by atoms with Crippen molar-refractivity contribution in [3.63, 3.8) is 0 Å². The summed E-state index contributed by atoms with van der Waals surface area (Å²) < 4.78 is 11.0. The summed E-state index contributed by atoms with van der Waals surface area (Å²) in [6, 6.07) is 5.22. The molecule has 1 aromatic heterocycles. The second kappa shape index (κ2) is 6.52. The van der Waals surface area contributed by atoms with Gasteiger partial charge in [0.25, 0.3) is 0 Å². The summed E-state index contributed by atoms with van der Waals surface area (Å²) >= 11 is 1.47. The Hall–Kier alpha value is -1.88. The maximum absolute atomic E-state index is 12.3. The molecule has 0 unspecified atom stereocenters. The average Bonchev–Trinajstić information content (AvgIpc) is 2.87. The molecule has 0 atom stereocenters. The standard InChI is InChI=1S/C15H17NO3S/c1-4-18-13-7-6-11(8-14(13)19-5-2)15(17)12-9-20-10(3)16-12/h6-9H,4-5H2,1-3H3. The van der Waals surface area contributed by atoms with Crippen LogP contribution < -0.4 is 9.47 Å². The van der Waals surface area contributed by atoms with Crippen molar-refractivity contribution in [2.45, 2.75) is 20.8 Å². The molecule has 0 saturated heterocycles. The molecular formula is C15H17NO3S. The minimum atomic E-state index is -0.0987. The molecule has 0 bridgehead atoms. The topological polar surface area (TPSA) is 48.4 Å². The number of nitrogens with zero attached hydrogens (tertiary/aromatic N) is 1. The van der Waals surface area contributed by atoms with Gasteiger partial charge in [0.05, 0.1) is 18.2 Å². The predicted octanol–water partition coefficient (Wildman–Crippen LogP) is 3.48. The number of aromatic nitrogens is 1. The minimum absolute atomic E-state index is 0.0987. The zero-order valence-electron chi connectivity index (χ0n) is 11.8. The highest BCUT2D eigenvalue weighted by atomic mass is 32.1. The molecule has 1 heterocycles. The largest absolute Gasteiger partial charge is 0.490 e. The smallest absolute Gasteiger partial charge is 0.212 e. The Bertz CT molecular complexity index is 607. The van der Waals surface area contributed by atoms with E-state index in [4.69, 9.17) is 9.47 Å². The van der Waals surface area contributed by atoms with E-state index in [2.05, 4.69) is 4.98 Å². The van der Waals surface area contributed by atoms with Crippen molar-refractivity contribution >= 4 is 17.1 Å². The van der Waals surface area contributed by atoms with Crippen LogP contribution in [0.5, 0.6) is 11.5 Å². The van der Waals surface area contributed by atoms with Gasteiger partial charge in [-0.05, 0) is 39.0 Å². The molecule has 5 heteroatoms. The summed E-state index contributed by atoms with van der Waals surface area (Å²) in [7, 11) is 0. The molecular weight excluding hydrogens is 274 g/mol. The zero-order valence-corrected chi connectivity index (χ0v) is 12.6. The molecule has 20 heavy (non-hydrogen) atoms. The van der Waals surface area contributed by atoms with E-state index < -0.39 is 0 Å². The van der Waals surface area contributed by atoms with E-state index in [1.165, 1.54) is 11.3 Å². The summed E-state index contributed by atoms with van der Waals surface area (Å²) in [6.45, 7) is 6.76. The number of benzene rings is 1. The molecule has 0 spiro atoms. The van der Waals surface area contributed by atoms with Crippen molar-refractivity contribution in [2.24, 2.45) is 0 Å². The molecule has 0 fully saturated rings. The summed E-state index contributed by atoms with van der Waals surface area (Å²) in [5.74, 6) is 1.14. The quantitative estimate of drug-likeness (QED) is 0.765. The lowest BCUT2D eigenvalue weighted by Gasteiger charge is -2.11. The number of hydrogen-bond donors (Lipinski definition) is 0. The van der Waals surface area contributed by atoms with Gasteiger partial charge in [-0.2, -0.15) is 0 Å². The molecule has 0 saturated carbocycles. The number of aryl methyl sites for hydroxylation is 1. The van der Waals surface area contributed by atoms with Gasteiger partial charge < -0.3 is 9.47 Å². The van der Waals surface area contributed by atoms with Gasteiger partial charge in [0.15, 0.2) is 11.5 Å². The number of ether oxygens (including phenoxy) is 2. The number of rotatable bonds is 6.